The molecule has 24 heavy (non-hydrogen) atoms. The van der Waals surface area contributed by atoms with Gasteiger partial charge in [0.05, 0.1) is 11.6 Å². The molecule has 124 valence electrons. The SMILES string of the molecule is Cc1ccc(NC(=O)CC2COc3ccccc3NC2=O)cc1C. The molecule has 0 aliphatic carbocycles. The minimum Gasteiger partial charge on any atom is -0.491 e. The molecule has 0 saturated carbocycles. The van der Waals surface area contributed by atoms with Crippen molar-refractivity contribution < 1.29 is 14.3 Å². The highest BCUT2D eigenvalue weighted by Gasteiger charge is 2.26. The van der Waals surface area contributed by atoms with Crippen LogP contribution in [0, 0.1) is 19.8 Å². The third-order valence-electron chi connectivity index (χ3n) is 4.18. The van der Waals surface area contributed by atoms with Gasteiger partial charge in [-0.05, 0) is 49.2 Å². The molecule has 0 fully saturated rings. The number of hydrogen-bond acceptors (Lipinski definition) is 3. The molecule has 5 nitrogen and oxygen atoms in total. The van der Waals surface area contributed by atoms with E-state index in [1.807, 2.05) is 44.2 Å². The molecule has 1 aliphatic rings. The minimum absolute atomic E-state index is 0.0761. The Morgan fingerprint density at radius 1 is 1.21 bits per heavy atom. The van der Waals surface area contributed by atoms with Crippen LogP contribution in [0.4, 0.5) is 11.4 Å². The number of ether oxygens (including phenoxy) is 1. The third kappa shape index (κ3) is 3.56. The van der Waals surface area contributed by atoms with Crippen LogP contribution in [0.1, 0.15) is 17.5 Å². The van der Waals surface area contributed by atoms with Crippen molar-refractivity contribution in [2.75, 3.05) is 17.2 Å². The van der Waals surface area contributed by atoms with Gasteiger partial charge in [0.15, 0.2) is 0 Å². The van der Waals surface area contributed by atoms with Crippen LogP contribution < -0.4 is 15.4 Å². The lowest BCUT2D eigenvalue weighted by Gasteiger charge is -2.13. The summed E-state index contributed by atoms with van der Waals surface area (Å²) in [6.45, 7) is 4.20. The van der Waals surface area contributed by atoms with Gasteiger partial charge in [-0.1, -0.05) is 18.2 Å². The maximum absolute atomic E-state index is 12.3. The second-order valence-corrected chi connectivity index (χ2v) is 6.04. The lowest BCUT2D eigenvalue weighted by Crippen LogP contribution is -2.29. The summed E-state index contributed by atoms with van der Waals surface area (Å²) in [4.78, 5) is 24.6. The number of benzene rings is 2. The summed E-state index contributed by atoms with van der Waals surface area (Å²) in [6, 6.07) is 13.0. The van der Waals surface area contributed by atoms with Crippen molar-refractivity contribution in [3.8, 4) is 5.75 Å². The van der Waals surface area contributed by atoms with Gasteiger partial charge in [-0.2, -0.15) is 0 Å². The van der Waals surface area contributed by atoms with Crippen molar-refractivity contribution in [1.29, 1.82) is 0 Å². The number of carbonyl (C=O) groups is 2. The summed E-state index contributed by atoms with van der Waals surface area (Å²) in [5, 5.41) is 5.66. The van der Waals surface area contributed by atoms with Crippen LogP contribution in [0.2, 0.25) is 0 Å². The molecule has 1 aliphatic heterocycles. The van der Waals surface area contributed by atoms with E-state index in [4.69, 9.17) is 4.74 Å². The highest BCUT2D eigenvalue weighted by Crippen LogP contribution is 2.28. The summed E-state index contributed by atoms with van der Waals surface area (Å²) >= 11 is 0. The van der Waals surface area contributed by atoms with E-state index in [-0.39, 0.29) is 24.8 Å². The number of rotatable bonds is 3. The van der Waals surface area contributed by atoms with E-state index >= 15 is 0 Å². The minimum atomic E-state index is -0.524. The summed E-state index contributed by atoms with van der Waals surface area (Å²) < 4.78 is 5.65. The second kappa shape index (κ2) is 6.74. The highest BCUT2D eigenvalue weighted by molar-refractivity contribution is 5.99. The Bertz CT molecular complexity index is 786. The van der Waals surface area contributed by atoms with Crippen LogP contribution in [0.15, 0.2) is 42.5 Å². The molecule has 1 heterocycles. The van der Waals surface area contributed by atoms with Crippen LogP contribution in [0.5, 0.6) is 5.75 Å². The Kier molecular flexibility index (Phi) is 4.51. The first-order valence-electron chi connectivity index (χ1n) is 7.93. The summed E-state index contributed by atoms with van der Waals surface area (Å²) in [5.74, 6) is -0.296. The summed E-state index contributed by atoms with van der Waals surface area (Å²) in [6.07, 6.45) is 0.0761. The van der Waals surface area contributed by atoms with Gasteiger partial charge in [0.2, 0.25) is 11.8 Å². The van der Waals surface area contributed by atoms with E-state index < -0.39 is 5.92 Å². The normalized spacial score (nSPS) is 16.4. The number of aryl methyl sites for hydroxylation is 2. The van der Waals surface area contributed by atoms with Crippen molar-refractivity contribution in [2.45, 2.75) is 20.3 Å². The van der Waals surface area contributed by atoms with E-state index in [2.05, 4.69) is 10.6 Å². The number of carbonyl (C=O) groups excluding carboxylic acids is 2. The van der Waals surface area contributed by atoms with Gasteiger partial charge in [0, 0.05) is 12.1 Å². The summed E-state index contributed by atoms with van der Waals surface area (Å²) in [5.41, 5.74) is 3.65. The molecule has 0 aromatic heterocycles. The van der Waals surface area contributed by atoms with E-state index in [9.17, 15) is 9.59 Å². The molecule has 2 aromatic rings. The maximum atomic E-state index is 12.3. The Morgan fingerprint density at radius 2 is 2.00 bits per heavy atom. The molecule has 0 radical (unpaired) electrons. The Morgan fingerprint density at radius 3 is 2.79 bits per heavy atom. The quantitative estimate of drug-likeness (QED) is 0.910. The molecular weight excluding hydrogens is 304 g/mol. The molecule has 1 atom stereocenters. The number of fused-ring (bicyclic) bond motifs is 1. The van der Waals surface area contributed by atoms with Crippen LogP contribution >= 0.6 is 0 Å². The van der Waals surface area contributed by atoms with Gasteiger partial charge in [0.25, 0.3) is 0 Å². The predicted molar refractivity (Wildman–Crippen MR) is 93.2 cm³/mol. The predicted octanol–water partition coefficient (Wildman–Crippen LogP) is 3.28. The monoisotopic (exact) mass is 324 g/mol. The van der Waals surface area contributed by atoms with Crippen molar-refractivity contribution in [2.24, 2.45) is 5.92 Å². The number of anilines is 2. The fraction of sp³-hybridized carbons (Fsp3) is 0.263. The van der Waals surface area contributed by atoms with E-state index in [0.717, 1.165) is 11.3 Å². The van der Waals surface area contributed by atoms with Gasteiger partial charge >= 0.3 is 0 Å². The molecule has 2 amide bonds. The smallest absolute Gasteiger partial charge is 0.231 e. The highest BCUT2D eigenvalue weighted by atomic mass is 16.5. The summed E-state index contributed by atoms with van der Waals surface area (Å²) in [7, 11) is 0. The first-order chi connectivity index (χ1) is 11.5. The fourth-order valence-corrected chi connectivity index (χ4v) is 2.60. The van der Waals surface area contributed by atoms with E-state index in [1.54, 1.807) is 12.1 Å². The molecule has 0 bridgehead atoms. The van der Waals surface area contributed by atoms with Crippen molar-refractivity contribution in [1.82, 2.24) is 0 Å². The maximum Gasteiger partial charge on any atom is 0.231 e. The van der Waals surface area contributed by atoms with Gasteiger partial charge < -0.3 is 15.4 Å². The molecule has 3 rings (SSSR count). The van der Waals surface area contributed by atoms with Crippen LogP contribution in [-0.4, -0.2) is 18.4 Å². The number of para-hydroxylation sites is 2. The number of amides is 2. The number of nitrogens with one attached hydrogen (secondary N) is 2. The fourth-order valence-electron chi connectivity index (χ4n) is 2.60. The van der Waals surface area contributed by atoms with E-state index in [0.29, 0.717) is 11.4 Å². The molecule has 5 heteroatoms. The standard InChI is InChI=1S/C19H20N2O3/c1-12-7-8-15(9-13(12)2)20-18(22)10-14-11-24-17-6-4-3-5-16(17)21-19(14)23/h3-9,14H,10-11H2,1-2H3,(H,20,22)(H,21,23). The second-order valence-electron chi connectivity index (χ2n) is 6.04. The number of hydrogen-bond donors (Lipinski definition) is 2. The molecule has 0 saturated heterocycles. The Balaban J connectivity index is 1.64. The van der Waals surface area contributed by atoms with Crippen molar-refractivity contribution in [3.05, 3.63) is 53.6 Å². The zero-order chi connectivity index (χ0) is 17.1. The van der Waals surface area contributed by atoms with Crippen molar-refractivity contribution in [3.63, 3.8) is 0 Å². The zero-order valence-corrected chi connectivity index (χ0v) is 13.8. The molecular formula is C19H20N2O3. The Hall–Kier alpha value is -2.82. The molecule has 2 N–H and O–H groups in total. The van der Waals surface area contributed by atoms with Crippen LogP contribution in [0.25, 0.3) is 0 Å². The topological polar surface area (TPSA) is 67.4 Å². The first-order valence-corrected chi connectivity index (χ1v) is 7.93. The molecule has 2 aromatic carbocycles. The lowest BCUT2D eigenvalue weighted by atomic mass is 10.0. The third-order valence-corrected chi connectivity index (χ3v) is 4.18. The first kappa shape index (κ1) is 16.1. The van der Waals surface area contributed by atoms with Gasteiger partial charge in [-0.15, -0.1) is 0 Å². The average Bonchev–Trinajstić information content (AvgIpc) is 2.70. The zero-order valence-electron chi connectivity index (χ0n) is 13.8. The van der Waals surface area contributed by atoms with Crippen LogP contribution in [-0.2, 0) is 9.59 Å². The average molecular weight is 324 g/mol. The van der Waals surface area contributed by atoms with Gasteiger partial charge in [0.1, 0.15) is 12.4 Å². The Labute approximate surface area is 141 Å². The van der Waals surface area contributed by atoms with E-state index in [1.165, 1.54) is 5.56 Å². The lowest BCUT2D eigenvalue weighted by molar-refractivity contribution is -0.125. The van der Waals surface area contributed by atoms with Crippen molar-refractivity contribution >= 4 is 23.2 Å². The van der Waals surface area contributed by atoms with Gasteiger partial charge in [-0.25, -0.2) is 0 Å². The van der Waals surface area contributed by atoms with Crippen LogP contribution in [0.3, 0.4) is 0 Å². The largest absolute Gasteiger partial charge is 0.491 e. The molecule has 1 unspecified atom stereocenters. The molecule has 0 spiro atoms. The van der Waals surface area contributed by atoms with Gasteiger partial charge in [-0.3, -0.25) is 9.59 Å².